The van der Waals surface area contributed by atoms with Crippen LogP contribution in [0.5, 0.6) is 0 Å². The summed E-state index contributed by atoms with van der Waals surface area (Å²) in [5.74, 6) is -0.322. The van der Waals surface area contributed by atoms with Gasteiger partial charge in [0.1, 0.15) is 0 Å². The predicted molar refractivity (Wildman–Crippen MR) is 65.1 cm³/mol. The molecular weight excluding hydrogens is 204 g/mol. The third kappa shape index (κ3) is 3.21. The molecule has 0 fully saturated rings. The largest absolute Gasteiger partial charge is 0.469 e. The van der Waals surface area contributed by atoms with E-state index in [9.17, 15) is 9.90 Å². The average molecular weight is 230 g/mol. The van der Waals surface area contributed by atoms with Gasteiger partial charge in [-0.2, -0.15) is 0 Å². The van der Waals surface area contributed by atoms with Crippen molar-refractivity contribution in [3.05, 3.63) is 0 Å². The van der Waals surface area contributed by atoms with Crippen LogP contribution in [0.1, 0.15) is 48.0 Å². The Hall–Kier alpha value is -0.570. The Morgan fingerprint density at radius 1 is 1.12 bits per heavy atom. The summed E-state index contributed by atoms with van der Waals surface area (Å²) in [6.07, 6.45) is 0.604. The van der Waals surface area contributed by atoms with E-state index in [1.54, 1.807) is 0 Å². The summed E-state index contributed by atoms with van der Waals surface area (Å²) in [7, 11) is 1.38. The number of carbonyl (C=O) groups is 1. The molecule has 0 aromatic carbocycles. The van der Waals surface area contributed by atoms with Gasteiger partial charge in [-0.1, -0.05) is 41.5 Å². The molecule has 3 heteroatoms. The SMILES string of the molecule is COC(=O)C(CO)(CC(C)(C)C)C(C)(C)C. The lowest BCUT2D eigenvalue weighted by atomic mass is 9.60. The number of hydrogen-bond donors (Lipinski definition) is 1. The van der Waals surface area contributed by atoms with E-state index < -0.39 is 5.41 Å². The highest BCUT2D eigenvalue weighted by atomic mass is 16.5. The Balaban J connectivity index is 5.40. The molecule has 16 heavy (non-hydrogen) atoms. The van der Waals surface area contributed by atoms with E-state index in [0.29, 0.717) is 6.42 Å². The molecule has 0 radical (unpaired) electrons. The van der Waals surface area contributed by atoms with Crippen LogP contribution >= 0.6 is 0 Å². The minimum atomic E-state index is -0.833. The van der Waals surface area contributed by atoms with Crippen LogP contribution in [0.4, 0.5) is 0 Å². The fraction of sp³-hybridized carbons (Fsp3) is 0.923. The van der Waals surface area contributed by atoms with Gasteiger partial charge in [-0.3, -0.25) is 4.79 Å². The lowest BCUT2D eigenvalue weighted by Gasteiger charge is -2.44. The highest BCUT2D eigenvalue weighted by molar-refractivity contribution is 5.78. The highest BCUT2D eigenvalue weighted by Crippen LogP contribution is 2.47. The van der Waals surface area contributed by atoms with Crippen molar-refractivity contribution < 1.29 is 14.6 Å². The number of rotatable bonds is 3. The minimum Gasteiger partial charge on any atom is -0.469 e. The van der Waals surface area contributed by atoms with Gasteiger partial charge in [-0.25, -0.2) is 0 Å². The Labute approximate surface area is 99.2 Å². The van der Waals surface area contributed by atoms with E-state index in [2.05, 4.69) is 20.8 Å². The van der Waals surface area contributed by atoms with Crippen LogP contribution in [0.15, 0.2) is 0 Å². The molecule has 0 saturated carbocycles. The summed E-state index contributed by atoms with van der Waals surface area (Å²) in [5.41, 5.74) is -1.20. The molecule has 0 spiro atoms. The second kappa shape index (κ2) is 4.74. The van der Waals surface area contributed by atoms with E-state index >= 15 is 0 Å². The van der Waals surface area contributed by atoms with Gasteiger partial charge < -0.3 is 9.84 Å². The molecule has 3 nitrogen and oxygen atoms in total. The van der Waals surface area contributed by atoms with Crippen LogP contribution in [0.3, 0.4) is 0 Å². The standard InChI is InChI=1S/C13H26O3/c1-11(2,3)8-13(9-14,10(15)16-7)12(4,5)6/h14H,8-9H2,1-7H3. The molecule has 0 heterocycles. The van der Waals surface area contributed by atoms with Crippen LogP contribution < -0.4 is 0 Å². The van der Waals surface area contributed by atoms with Crippen molar-refractivity contribution in [2.45, 2.75) is 48.0 Å². The maximum Gasteiger partial charge on any atom is 0.314 e. The first-order valence-electron chi connectivity index (χ1n) is 5.69. The van der Waals surface area contributed by atoms with Crippen molar-refractivity contribution >= 4 is 5.97 Å². The van der Waals surface area contributed by atoms with E-state index in [4.69, 9.17) is 4.74 Å². The van der Waals surface area contributed by atoms with Crippen molar-refractivity contribution in [2.75, 3.05) is 13.7 Å². The molecule has 0 aliphatic heterocycles. The molecule has 96 valence electrons. The van der Waals surface area contributed by atoms with Gasteiger partial charge in [0.2, 0.25) is 0 Å². The quantitative estimate of drug-likeness (QED) is 0.758. The van der Waals surface area contributed by atoms with Crippen LogP contribution in [-0.2, 0) is 9.53 Å². The second-order valence-corrected chi connectivity index (χ2v) is 6.72. The van der Waals surface area contributed by atoms with Gasteiger partial charge in [0.25, 0.3) is 0 Å². The Morgan fingerprint density at radius 3 is 1.75 bits per heavy atom. The first-order valence-corrected chi connectivity index (χ1v) is 5.69. The van der Waals surface area contributed by atoms with Crippen LogP contribution in [-0.4, -0.2) is 24.8 Å². The number of ether oxygens (including phenoxy) is 1. The third-order valence-electron chi connectivity index (χ3n) is 3.11. The molecule has 0 aliphatic rings. The number of esters is 1. The zero-order chi connectivity index (χ0) is 13.2. The minimum absolute atomic E-state index is 0.0375. The van der Waals surface area contributed by atoms with Gasteiger partial charge in [0.15, 0.2) is 0 Å². The normalized spacial score (nSPS) is 16.8. The lowest BCUT2D eigenvalue weighted by molar-refractivity contribution is -0.168. The molecule has 1 atom stereocenters. The number of aliphatic hydroxyl groups is 1. The van der Waals surface area contributed by atoms with Crippen molar-refractivity contribution in [1.29, 1.82) is 0 Å². The lowest BCUT2D eigenvalue weighted by Crippen LogP contribution is -2.49. The van der Waals surface area contributed by atoms with Crippen molar-refractivity contribution in [2.24, 2.45) is 16.2 Å². The van der Waals surface area contributed by atoms with Gasteiger partial charge in [0, 0.05) is 0 Å². The molecule has 0 bridgehead atoms. The van der Waals surface area contributed by atoms with E-state index in [1.807, 2.05) is 20.8 Å². The van der Waals surface area contributed by atoms with Crippen molar-refractivity contribution in [3.63, 3.8) is 0 Å². The number of carbonyl (C=O) groups excluding carboxylic acids is 1. The summed E-state index contributed by atoms with van der Waals surface area (Å²) in [6.45, 7) is 11.9. The molecule has 0 aromatic rings. The summed E-state index contributed by atoms with van der Waals surface area (Å²) < 4.78 is 4.88. The summed E-state index contributed by atoms with van der Waals surface area (Å²) in [4.78, 5) is 12.0. The molecule has 0 aliphatic carbocycles. The summed E-state index contributed by atoms with van der Waals surface area (Å²) >= 11 is 0. The average Bonchev–Trinajstić information content (AvgIpc) is 2.09. The highest BCUT2D eigenvalue weighted by Gasteiger charge is 2.51. The second-order valence-electron chi connectivity index (χ2n) is 6.72. The van der Waals surface area contributed by atoms with Crippen molar-refractivity contribution in [3.8, 4) is 0 Å². The third-order valence-corrected chi connectivity index (χ3v) is 3.11. The number of methoxy groups -OCH3 is 1. The smallest absolute Gasteiger partial charge is 0.314 e. The van der Waals surface area contributed by atoms with Gasteiger partial charge in [0.05, 0.1) is 19.1 Å². The zero-order valence-corrected chi connectivity index (χ0v) is 11.7. The zero-order valence-electron chi connectivity index (χ0n) is 11.7. The number of aliphatic hydroxyl groups excluding tert-OH is 1. The number of hydrogen-bond acceptors (Lipinski definition) is 3. The van der Waals surface area contributed by atoms with Crippen LogP contribution in [0.25, 0.3) is 0 Å². The van der Waals surface area contributed by atoms with E-state index in [-0.39, 0.29) is 23.4 Å². The predicted octanol–water partition coefficient (Wildman–Crippen LogP) is 2.62. The maximum atomic E-state index is 12.0. The topological polar surface area (TPSA) is 46.5 Å². The van der Waals surface area contributed by atoms with Gasteiger partial charge >= 0.3 is 5.97 Å². The van der Waals surface area contributed by atoms with Crippen LogP contribution in [0.2, 0.25) is 0 Å². The Morgan fingerprint density at radius 2 is 1.56 bits per heavy atom. The molecule has 1 N–H and O–H groups in total. The maximum absolute atomic E-state index is 12.0. The molecular formula is C13H26O3. The monoisotopic (exact) mass is 230 g/mol. The Bertz CT molecular complexity index is 245. The molecule has 0 amide bonds. The molecule has 1 unspecified atom stereocenters. The first kappa shape index (κ1) is 15.4. The summed E-state index contributed by atoms with van der Waals surface area (Å²) in [6, 6.07) is 0. The van der Waals surface area contributed by atoms with E-state index in [1.165, 1.54) is 7.11 Å². The van der Waals surface area contributed by atoms with Gasteiger partial charge in [-0.15, -0.1) is 0 Å². The van der Waals surface area contributed by atoms with E-state index in [0.717, 1.165) is 0 Å². The van der Waals surface area contributed by atoms with Gasteiger partial charge in [-0.05, 0) is 17.3 Å². The van der Waals surface area contributed by atoms with Crippen molar-refractivity contribution in [1.82, 2.24) is 0 Å². The first-order chi connectivity index (χ1) is 7.00. The van der Waals surface area contributed by atoms with Crippen LogP contribution in [0, 0.1) is 16.2 Å². The Kier molecular flexibility index (Phi) is 4.57. The molecule has 0 rings (SSSR count). The fourth-order valence-electron chi connectivity index (χ4n) is 2.10. The molecule has 0 saturated heterocycles. The molecule has 0 aromatic heterocycles. The summed E-state index contributed by atoms with van der Waals surface area (Å²) in [5, 5.41) is 9.68. The fourth-order valence-corrected chi connectivity index (χ4v) is 2.10.